The summed E-state index contributed by atoms with van der Waals surface area (Å²) in [4.78, 5) is 12.6. The Kier molecular flexibility index (Phi) is 8.15. The van der Waals surface area contributed by atoms with Crippen molar-refractivity contribution in [3.63, 3.8) is 0 Å². The quantitative estimate of drug-likeness (QED) is 0.234. The van der Waals surface area contributed by atoms with E-state index in [0.29, 0.717) is 11.1 Å². The Morgan fingerprint density at radius 3 is 2.00 bits per heavy atom. The number of alkyl halides is 3. The van der Waals surface area contributed by atoms with Gasteiger partial charge in [-0.05, 0) is 53.6 Å². The van der Waals surface area contributed by atoms with Crippen LogP contribution < -0.4 is 14.8 Å². The molecule has 0 radical (unpaired) electrons. The predicted molar refractivity (Wildman–Crippen MR) is 133 cm³/mol. The highest BCUT2D eigenvalue weighted by atomic mass is 32.2. The first-order valence-corrected chi connectivity index (χ1v) is 14.0. The molecule has 1 amide bonds. The molecule has 198 valence electrons. The van der Waals surface area contributed by atoms with Gasteiger partial charge in [-0.1, -0.05) is 24.3 Å². The number of sulfonamides is 2. The molecule has 0 fully saturated rings. The molecule has 37 heavy (non-hydrogen) atoms. The maximum Gasteiger partial charge on any atom is 0.416 e. The number of anilines is 2. The summed E-state index contributed by atoms with van der Waals surface area (Å²) in [6, 6.07) is 14.4. The minimum Gasteiger partial charge on any atom is -0.506 e. The lowest BCUT2D eigenvalue weighted by Gasteiger charge is -2.12. The zero-order valence-corrected chi connectivity index (χ0v) is 20.8. The highest BCUT2D eigenvalue weighted by Crippen LogP contribution is 2.31. The highest BCUT2D eigenvalue weighted by Gasteiger charge is 2.30. The molecule has 9 nitrogen and oxygen atoms in total. The molecule has 0 aliphatic rings. The fraction of sp³-hybridized carbons (Fsp3) is 0.174. The van der Waals surface area contributed by atoms with Crippen LogP contribution in [0.1, 0.15) is 15.9 Å². The Balaban J connectivity index is 1.68. The third-order valence-electron chi connectivity index (χ3n) is 4.95. The second kappa shape index (κ2) is 10.8. The molecule has 14 heteroatoms. The molecule has 0 bridgehead atoms. The average Bonchev–Trinajstić information content (AvgIpc) is 2.79. The number of carbonyl (C=O) groups excluding carboxylic acids is 1. The molecule has 0 aromatic heterocycles. The Labute approximate surface area is 211 Å². The first-order valence-electron chi connectivity index (χ1n) is 10.5. The number of aromatic hydroxyl groups is 1. The summed E-state index contributed by atoms with van der Waals surface area (Å²) in [5.41, 5.74) is 0.501. The largest absolute Gasteiger partial charge is 0.506 e. The molecular formula is C23H22F3N3O6S2. The van der Waals surface area contributed by atoms with Gasteiger partial charge in [0.2, 0.25) is 20.0 Å². The number of phenols is 1. The molecule has 0 saturated carbocycles. The highest BCUT2D eigenvalue weighted by molar-refractivity contribution is 7.92. The lowest BCUT2D eigenvalue weighted by atomic mass is 10.0. The topological polar surface area (TPSA) is 142 Å². The molecule has 0 atom stereocenters. The number of hydrogen-bond acceptors (Lipinski definition) is 6. The molecule has 3 rings (SSSR count). The van der Waals surface area contributed by atoms with Crippen molar-refractivity contribution in [2.75, 3.05) is 28.6 Å². The normalized spacial score (nSPS) is 12.2. The average molecular weight is 558 g/mol. The summed E-state index contributed by atoms with van der Waals surface area (Å²) in [5.74, 6) is -1.57. The van der Waals surface area contributed by atoms with Gasteiger partial charge in [0.05, 0.1) is 23.3 Å². The van der Waals surface area contributed by atoms with Gasteiger partial charge < -0.3 is 10.4 Å². The Bertz CT molecular complexity index is 1490. The van der Waals surface area contributed by atoms with Crippen LogP contribution in [0.5, 0.6) is 5.75 Å². The van der Waals surface area contributed by atoms with Gasteiger partial charge in [0.1, 0.15) is 5.75 Å². The van der Waals surface area contributed by atoms with E-state index < -0.39 is 49.2 Å². The van der Waals surface area contributed by atoms with Crippen LogP contribution in [0.3, 0.4) is 0 Å². The van der Waals surface area contributed by atoms with E-state index >= 15 is 0 Å². The summed E-state index contributed by atoms with van der Waals surface area (Å²) in [6.07, 6.45) is -3.56. The number of phenolic OH excluding ortho intramolecular Hbond substituents is 1. The van der Waals surface area contributed by atoms with Gasteiger partial charge in [0.15, 0.2) is 0 Å². The second-order valence-corrected chi connectivity index (χ2v) is 11.6. The standard InChI is InChI=1S/C23H22F3N3O6S2/c1-36(32,33)27-12-13-37(34,35)29-20-14-19(10-11-21(20)30)28-22(31)17-4-2-15(3-5-17)16-6-8-18(9-7-16)23(24,25)26/h2-11,14,27,29-30H,12-13H2,1H3,(H,28,31). The number of nitrogens with one attached hydrogen (secondary N) is 3. The summed E-state index contributed by atoms with van der Waals surface area (Å²) in [6.45, 7) is -0.381. The van der Waals surface area contributed by atoms with Crippen molar-refractivity contribution in [3.05, 3.63) is 77.9 Å². The number of rotatable bonds is 9. The maximum absolute atomic E-state index is 12.7. The van der Waals surface area contributed by atoms with Crippen LogP contribution >= 0.6 is 0 Å². The van der Waals surface area contributed by atoms with Gasteiger partial charge in [-0.3, -0.25) is 9.52 Å². The fourth-order valence-electron chi connectivity index (χ4n) is 3.14. The molecular weight excluding hydrogens is 535 g/mol. The Morgan fingerprint density at radius 1 is 0.892 bits per heavy atom. The maximum atomic E-state index is 12.7. The van der Waals surface area contributed by atoms with Crippen LogP contribution in [-0.4, -0.2) is 46.4 Å². The van der Waals surface area contributed by atoms with Crippen LogP contribution in [0.25, 0.3) is 11.1 Å². The van der Waals surface area contributed by atoms with Crippen molar-refractivity contribution in [2.45, 2.75) is 6.18 Å². The van der Waals surface area contributed by atoms with Crippen molar-refractivity contribution in [2.24, 2.45) is 0 Å². The van der Waals surface area contributed by atoms with Crippen LogP contribution in [0, 0.1) is 0 Å². The minimum absolute atomic E-state index is 0.154. The van der Waals surface area contributed by atoms with E-state index in [0.717, 1.165) is 24.5 Å². The number of halogens is 3. The smallest absolute Gasteiger partial charge is 0.416 e. The lowest BCUT2D eigenvalue weighted by molar-refractivity contribution is -0.137. The zero-order valence-electron chi connectivity index (χ0n) is 19.2. The fourth-order valence-corrected chi connectivity index (χ4v) is 4.72. The van der Waals surface area contributed by atoms with Gasteiger partial charge >= 0.3 is 6.18 Å². The van der Waals surface area contributed by atoms with Gasteiger partial charge in [-0.2, -0.15) is 13.2 Å². The molecule has 3 aromatic rings. The predicted octanol–water partition coefficient (Wildman–Crippen LogP) is 3.62. The van der Waals surface area contributed by atoms with E-state index in [1.807, 2.05) is 4.72 Å². The van der Waals surface area contributed by atoms with Crippen LogP contribution in [0.15, 0.2) is 66.7 Å². The van der Waals surface area contributed by atoms with E-state index in [2.05, 4.69) is 10.0 Å². The lowest BCUT2D eigenvalue weighted by Crippen LogP contribution is -2.30. The number of amides is 1. The molecule has 0 heterocycles. The van der Waals surface area contributed by atoms with Crippen molar-refractivity contribution >= 4 is 37.3 Å². The van der Waals surface area contributed by atoms with Crippen molar-refractivity contribution in [1.82, 2.24) is 4.72 Å². The summed E-state index contributed by atoms with van der Waals surface area (Å²) in [5, 5.41) is 12.5. The number of hydrogen-bond donors (Lipinski definition) is 4. The van der Waals surface area contributed by atoms with Gasteiger partial charge in [-0.15, -0.1) is 0 Å². The molecule has 3 aromatic carbocycles. The van der Waals surface area contributed by atoms with E-state index in [4.69, 9.17) is 0 Å². The van der Waals surface area contributed by atoms with Crippen molar-refractivity contribution in [3.8, 4) is 16.9 Å². The monoisotopic (exact) mass is 557 g/mol. The second-order valence-electron chi connectivity index (χ2n) is 7.93. The van der Waals surface area contributed by atoms with Crippen LogP contribution in [-0.2, 0) is 26.2 Å². The van der Waals surface area contributed by atoms with Crippen LogP contribution in [0.2, 0.25) is 0 Å². The summed E-state index contributed by atoms with van der Waals surface area (Å²) in [7, 11) is -7.61. The van der Waals surface area contributed by atoms with Gasteiger partial charge in [0.25, 0.3) is 5.91 Å². The molecule has 0 saturated heterocycles. The van der Waals surface area contributed by atoms with Crippen molar-refractivity contribution in [1.29, 1.82) is 0 Å². The molecule has 0 unspecified atom stereocenters. The van der Waals surface area contributed by atoms with Gasteiger partial charge in [0, 0.05) is 17.8 Å². The molecule has 4 N–H and O–H groups in total. The van der Waals surface area contributed by atoms with E-state index in [-0.39, 0.29) is 23.5 Å². The molecule has 0 aliphatic heterocycles. The van der Waals surface area contributed by atoms with E-state index in [1.165, 1.54) is 36.4 Å². The summed E-state index contributed by atoms with van der Waals surface area (Å²) < 4.78 is 89.0. The van der Waals surface area contributed by atoms with Crippen molar-refractivity contribution < 1.29 is 39.9 Å². The molecule has 0 aliphatic carbocycles. The third kappa shape index (κ3) is 8.20. The molecule has 0 spiro atoms. The minimum atomic E-state index is -4.44. The first-order chi connectivity index (χ1) is 17.1. The van der Waals surface area contributed by atoms with E-state index in [1.54, 1.807) is 12.1 Å². The van der Waals surface area contributed by atoms with Gasteiger partial charge in [-0.25, -0.2) is 21.6 Å². The number of benzene rings is 3. The third-order valence-corrected chi connectivity index (χ3v) is 6.95. The van der Waals surface area contributed by atoms with E-state index in [9.17, 15) is 39.9 Å². The zero-order chi connectivity index (χ0) is 27.4. The first kappa shape index (κ1) is 28.0. The Morgan fingerprint density at radius 2 is 1.46 bits per heavy atom. The number of carbonyl (C=O) groups is 1. The Hall–Kier alpha value is -3.62. The SMILES string of the molecule is CS(=O)(=O)NCCS(=O)(=O)Nc1cc(NC(=O)c2ccc(-c3ccc(C(F)(F)F)cc3)cc2)ccc1O. The summed E-state index contributed by atoms with van der Waals surface area (Å²) >= 11 is 0. The van der Waals surface area contributed by atoms with Crippen LogP contribution in [0.4, 0.5) is 24.5 Å².